The van der Waals surface area contributed by atoms with Crippen LogP contribution in [0.2, 0.25) is 0 Å². The van der Waals surface area contributed by atoms with Gasteiger partial charge in [-0.15, -0.1) is 0 Å². The molecule has 4 heteroatoms. The summed E-state index contributed by atoms with van der Waals surface area (Å²) in [5.41, 5.74) is 3.12. The average Bonchev–Trinajstić information content (AvgIpc) is 2.98. The number of aryl methyl sites for hydroxylation is 1. The van der Waals surface area contributed by atoms with Crippen LogP contribution >= 0.6 is 0 Å². The minimum atomic E-state index is -0.0297. The molecule has 4 nitrogen and oxygen atoms in total. The van der Waals surface area contributed by atoms with Crippen LogP contribution in [0.4, 0.5) is 5.69 Å². The number of nitrogens with one attached hydrogen (secondary N) is 1. The van der Waals surface area contributed by atoms with Gasteiger partial charge in [-0.1, -0.05) is 25.0 Å². The highest BCUT2D eigenvalue weighted by molar-refractivity contribution is 5.92. The fourth-order valence-corrected chi connectivity index (χ4v) is 3.13. The number of nitrogens with zero attached hydrogens (tertiary/aromatic N) is 1. The summed E-state index contributed by atoms with van der Waals surface area (Å²) in [6, 6.07) is 6.21. The molecule has 1 saturated carbocycles. The van der Waals surface area contributed by atoms with Crippen molar-refractivity contribution in [2.45, 2.75) is 58.9 Å². The summed E-state index contributed by atoms with van der Waals surface area (Å²) in [5.74, 6) is 0.0457. The summed E-state index contributed by atoms with van der Waals surface area (Å²) in [5, 5.41) is 2.96. The quantitative estimate of drug-likeness (QED) is 0.906. The minimum absolute atomic E-state index is 0.0297. The molecule has 0 spiro atoms. The van der Waals surface area contributed by atoms with Crippen molar-refractivity contribution < 1.29 is 9.59 Å². The van der Waals surface area contributed by atoms with Crippen molar-refractivity contribution in [2.24, 2.45) is 0 Å². The van der Waals surface area contributed by atoms with Crippen LogP contribution < -0.4 is 5.32 Å². The number of benzene rings is 1. The van der Waals surface area contributed by atoms with Gasteiger partial charge >= 0.3 is 0 Å². The number of rotatable bonds is 5. The van der Waals surface area contributed by atoms with Gasteiger partial charge in [-0.05, 0) is 43.9 Å². The zero-order valence-electron chi connectivity index (χ0n) is 13.8. The van der Waals surface area contributed by atoms with Crippen LogP contribution in [0.1, 0.15) is 50.2 Å². The molecule has 2 amide bonds. The Labute approximate surface area is 132 Å². The Hall–Kier alpha value is -1.84. The molecule has 2 rings (SSSR count). The molecular weight excluding hydrogens is 276 g/mol. The van der Waals surface area contributed by atoms with E-state index < -0.39 is 0 Å². The molecule has 0 radical (unpaired) electrons. The van der Waals surface area contributed by atoms with E-state index in [9.17, 15) is 9.59 Å². The summed E-state index contributed by atoms with van der Waals surface area (Å²) in [7, 11) is 0. The molecule has 1 aromatic carbocycles. The van der Waals surface area contributed by atoms with Crippen molar-refractivity contribution >= 4 is 17.5 Å². The third-order valence-corrected chi connectivity index (χ3v) is 4.63. The Morgan fingerprint density at radius 1 is 1.23 bits per heavy atom. The van der Waals surface area contributed by atoms with E-state index in [1.807, 2.05) is 36.9 Å². The lowest BCUT2D eigenvalue weighted by Crippen LogP contribution is -2.39. The molecule has 0 bridgehead atoms. The number of carbonyl (C=O) groups is 2. The molecule has 1 aliphatic rings. The topological polar surface area (TPSA) is 49.4 Å². The van der Waals surface area contributed by atoms with Gasteiger partial charge in [-0.3, -0.25) is 9.59 Å². The molecule has 22 heavy (non-hydrogen) atoms. The molecule has 0 saturated heterocycles. The number of hydrogen-bond donors (Lipinski definition) is 1. The summed E-state index contributed by atoms with van der Waals surface area (Å²) in [4.78, 5) is 25.8. The molecule has 1 aromatic rings. The Bertz CT molecular complexity index is 548. The van der Waals surface area contributed by atoms with E-state index in [0.29, 0.717) is 19.0 Å². The lowest BCUT2D eigenvalue weighted by molar-refractivity contribution is -0.131. The van der Waals surface area contributed by atoms with E-state index in [2.05, 4.69) is 5.32 Å². The van der Waals surface area contributed by atoms with Gasteiger partial charge in [0, 0.05) is 31.6 Å². The van der Waals surface area contributed by atoms with E-state index in [0.717, 1.165) is 29.7 Å². The van der Waals surface area contributed by atoms with Gasteiger partial charge in [0.05, 0.1) is 0 Å². The summed E-state index contributed by atoms with van der Waals surface area (Å²) in [6.45, 7) is 6.14. The van der Waals surface area contributed by atoms with E-state index in [1.54, 1.807) is 6.92 Å². The Balaban J connectivity index is 1.91. The first-order chi connectivity index (χ1) is 10.5. The second-order valence-corrected chi connectivity index (χ2v) is 6.20. The average molecular weight is 302 g/mol. The van der Waals surface area contributed by atoms with E-state index in [-0.39, 0.29) is 11.8 Å². The first kappa shape index (κ1) is 16.5. The van der Waals surface area contributed by atoms with Gasteiger partial charge in [-0.25, -0.2) is 0 Å². The van der Waals surface area contributed by atoms with Crippen LogP contribution in [0.15, 0.2) is 18.2 Å². The fraction of sp³-hybridized carbons (Fsp3) is 0.556. The largest absolute Gasteiger partial charge is 0.339 e. The zero-order valence-corrected chi connectivity index (χ0v) is 13.8. The van der Waals surface area contributed by atoms with Crippen LogP contribution in [0.25, 0.3) is 0 Å². The van der Waals surface area contributed by atoms with Gasteiger partial charge in [-0.2, -0.15) is 0 Å². The van der Waals surface area contributed by atoms with Crippen molar-refractivity contribution in [1.82, 2.24) is 4.90 Å². The van der Waals surface area contributed by atoms with Crippen molar-refractivity contribution in [1.29, 1.82) is 0 Å². The SMILES string of the molecule is CC(=O)N(CCC(=O)Nc1cccc(C)c1C)C1CCCC1. The fourth-order valence-electron chi connectivity index (χ4n) is 3.13. The summed E-state index contributed by atoms with van der Waals surface area (Å²) >= 11 is 0. The molecule has 0 heterocycles. The second-order valence-electron chi connectivity index (χ2n) is 6.20. The molecule has 0 aliphatic heterocycles. The Morgan fingerprint density at radius 2 is 1.91 bits per heavy atom. The van der Waals surface area contributed by atoms with Crippen LogP contribution in [-0.2, 0) is 9.59 Å². The predicted molar refractivity (Wildman–Crippen MR) is 88.8 cm³/mol. The van der Waals surface area contributed by atoms with Crippen LogP contribution in [0.5, 0.6) is 0 Å². The molecule has 1 fully saturated rings. The maximum Gasteiger partial charge on any atom is 0.226 e. The van der Waals surface area contributed by atoms with Gasteiger partial charge in [0.15, 0.2) is 0 Å². The third-order valence-electron chi connectivity index (χ3n) is 4.63. The van der Waals surface area contributed by atoms with Gasteiger partial charge in [0.1, 0.15) is 0 Å². The second kappa shape index (κ2) is 7.43. The summed E-state index contributed by atoms with van der Waals surface area (Å²) < 4.78 is 0. The maximum absolute atomic E-state index is 12.2. The van der Waals surface area contributed by atoms with Crippen molar-refractivity contribution in [2.75, 3.05) is 11.9 Å². The van der Waals surface area contributed by atoms with Crippen molar-refractivity contribution in [3.8, 4) is 0 Å². The standard InChI is InChI=1S/C18H26N2O2/c1-13-7-6-10-17(14(13)2)19-18(22)11-12-20(15(3)21)16-8-4-5-9-16/h6-7,10,16H,4-5,8-9,11-12H2,1-3H3,(H,19,22). The molecule has 1 aliphatic carbocycles. The highest BCUT2D eigenvalue weighted by Crippen LogP contribution is 2.24. The number of anilines is 1. The normalized spacial score (nSPS) is 14.9. The van der Waals surface area contributed by atoms with E-state index in [1.165, 1.54) is 12.8 Å². The Kier molecular flexibility index (Phi) is 5.58. The number of hydrogen-bond acceptors (Lipinski definition) is 2. The molecular formula is C18H26N2O2. The first-order valence-electron chi connectivity index (χ1n) is 8.12. The van der Waals surface area contributed by atoms with E-state index in [4.69, 9.17) is 0 Å². The van der Waals surface area contributed by atoms with E-state index >= 15 is 0 Å². The van der Waals surface area contributed by atoms with Crippen LogP contribution in [0.3, 0.4) is 0 Å². The summed E-state index contributed by atoms with van der Waals surface area (Å²) in [6.07, 6.45) is 4.85. The van der Waals surface area contributed by atoms with Crippen LogP contribution in [0, 0.1) is 13.8 Å². The maximum atomic E-state index is 12.2. The molecule has 0 atom stereocenters. The minimum Gasteiger partial charge on any atom is -0.339 e. The smallest absolute Gasteiger partial charge is 0.226 e. The number of amides is 2. The number of carbonyl (C=O) groups excluding carboxylic acids is 2. The molecule has 120 valence electrons. The van der Waals surface area contributed by atoms with Crippen molar-refractivity contribution in [3.63, 3.8) is 0 Å². The van der Waals surface area contributed by atoms with Crippen molar-refractivity contribution in [3.05, 3.63) is 29.3 Å². The monoisotopic (exact) mass is 302 g/mol. The van der Waals surface area contributed by atoms with Gasteiger partial charge in [0.25, 0.3) is 0 Å². The highest BCUT2D eigenvalue weighted by atomic mass is 16.2. The van der Waals surface area contributed by atoms with Crippen LogP contribution in [-0.4, -0.2) is 29.3 Å². The lowest BCUT2D eigenvalue weighted by atomic mass is 10.1. The molecule has 0 aromatic heterocycles. The first-order valence-corrected chi connectivity index (χ1v) is 8.12. The Morgan fingerprint density at radius 3 is 2.55 bits per heavy atom. The predicted octanol–water partition coefficient (Wildman–Crippen LogP) is 3.42. The molecule has 0 unspecified atom stereocenters. The highest BCUT2D eigenvalue weighted by Gasteiger charge is 2.24. The van der Waals surface area contributed by atoms with Gasteiger partial charge in [0.2, 0.25) is 11.8 Å². The van der Waals surface area contributed by atoms with Gasteiger partial charge < -0.3 is 10.2 Å². The third kappa shape index (κ3) is 4.09. The molecule has 1 N–H and O–H groups in total. The zero-order chi connectivity index (χ0) is 16.1. The lowest BCUT2D eigenvalue weighted by Gasteiger charge is -2.27.